The Bertz CT molecular complexity index is 871. The molecule has 1 unspecified atom stereocenters. The van der Waals surface area contributed by atoms with Crippen molar-refractivity contribution in [3.05, 3.63) is 84.3 Å². The van der Waals surface area contributed by atoms with E-state index < -0.39 is 0 Å². The van der Waals surface area contributed by atoms with Crippen molar-refractivity contribution in [1.82, 2.24) is 15.3 Å². The number of nitrogens with one attached hydrogen (secondary N) is 2. The fraction of sp³-hybridized carbons (Fsp3) is 0.227. The standard InChI is InChI=1S/C22H23N5O/c28-22(25-19-12-8-14-24-21(19)27-15-6-7-16-27)26-20(17-9-2-1-3-10-17)18-11-4-5-13-23-18/h1-5,8-14,20H,6-7,15-16H2,(H2,25,26,28). The van der Waals surface area contributed by atoms with Crippen LogP contribution < -0.4 is 15.5 Å². The molecule has 142 valence electrons. The molecule has 1 aliphatic heterocycles. The van der Waals surface area contributed by atoms with Crippen molar-refractivity contribution >= 4 is 17.5 Å². The first-order chi connectivity index (χ1) is 13.8. The summed E-state index contributed by atoms with van der Waals surface area (Å²) in [5, 5.41) is 6.03. The van der Waals surface area contributed by atoms with Crippen LogP contribution in [-0.4, -0.2) is 29.1 Å². The van der Waals surface area contributed by atoms with Gasteiger partial charge in [-0.2, -0.15) is 0 Å². The molecule has 0 saturated carbocycles. The van der Waals surface area contributed by atoms with Gasteiger partial charge in [0, 0.05) is 25.5 Å². The molecule has 4 rings (SSSR count). The first kappa shape index (κ1) is 18.0. The lowest BCUT2D eigenvalue weighted by atomic mass is 10.0. The summed E-state index contributed by atoms with van der Waals surface area (Å²) in [5.74, 6) is 0.823. The molecule has 6 heteroatoms. The molecular formula is C22H23N5O. The molecule has 28 heavy (non-hydrogen) atoms. The van der Waals surface area contributed by atoms with Gasteiger partial charge >= 0.3 is 6.03 Å². The summed E-state index contributed by atoms with van der Waals surface area (Å²) in [5.41, 5.74) is 2.48. The van der Waals surface area contributed by atoms with Crippen LogP contribution in [0.25, 0.3) is 0 Å². The Morgan fingerprint density at radius 1 is 0.893 bits per heavy atom. The van der Waals surface area contributed by atoms with Crippen LogP contribution in [0.2, 0.25) is 0 Å². The molecule has 0 bridgehead atoms. The normalized spacial score (nSPS) is 14.5. The molecule has 3 heterocycles. The molecule has 2 amide bonds. The van der Waals surface area contributed by atoms with E-state index in [4.69, 9.17) is 0 Å². The second kappa shape index (κ2) is 8.52. The van der Waals surface area contributed by atoms with Crippen LogP contribution in [0.5, 0.6) is 0 Å². The van der Waals surface area contributed by atoms with Crippen molar-refractivity contribution < 1.29 is 4.79 Å². The van der Waals surface area contributed by atoms with Crippen molar-refractivity contribution in [3.8, 4) is 0 Å². The fourth-order valence-corrected chi connectivity index (χ4v) is 3.49. The average Bonchev–Trinajstić information content (AvgIpc) is 3.28. The highest BCUT2D eigenvalue weighted by molar-refractivity contribution is 5.92. The number of urea groups is 1. The van der Waals surface area contributed by atoms with Crippen molar-refractivity contribution in [2.75, 3.05) is 23.3 Å². The molecule has 1 aromatic carbocycles. The van der Waals surface area contributed by atoms with Crippen molar-refractivity contribution in [2.24, 2.45) is 0 Å². The van der Waals surface area contributed by atoms with E-state index in [0.717, 1.165) is 48.7 Å². The van der Waals surface area contributed by atoms with Gasteiger partial charge in [-0.25, -0.2) is 9.78 Å². The van der Waals surface area contributed by atoms with Crippen LogP contribution in [0.15, 0.2) is 73.1 Å². The van der Waals surface area contributed by atoms with Gasteiger partial charge in [0.15, 0.2) is 5.82 Å². The van der Waals surface area contributed by atoms with Gasteiger partial charge in [-0.3, -0.25) is 4.98 Å². The second-order valence-electron chi connectivity index (χ2n) is 6.77. The summed E-state index contributed by atoms with van der Waals surface area (Å²) < 4.78 is 0. The number of pyridine rings is 2. The maximum absolute atomic E-state index is 12.8. The fourth-order valence-electron chi connectivity index (χ4n) is 3.49. The van der Waals surface area contributed by atoms with Crippen LogP contribution in [0.3, 0.4) is 0 Å². The third-order valence-corrected chi connectivity index (χ3v) is 4.83. The van der Waals surface area contributed by atoms with Gasteiger partial charge in [0.2, 0.25) is 0 Å². The Labute approximate surface area is 164 Å². The Hall–Kier alpha value is -3.41. The first-order valence-corrected chi connectivity index (χ1v) is 9.54. The quantitative estimate of drug-likeness (QED) is 0.709. The zero-order chi connectivity index (χ0) is 19.2. The number of rotatable bonds is 5. The molecule has 0 radical (unpaired) electrons. The number of carbonyl (C=O) groups is 1. The summed E-state index contributed by atoms with van der Waals surface area (Å²) in [7, 11) is 0. The van der Waals surface area contributed by atoms with Gasteiger partial charge in [0.05, 0.1) is 17.4 Å². The Morgan fingerprint density at radius 2 is 1.64 bits per heavy atom. The van der Waals surface area contributed by atoms with E-state index in [-0.39, 0.29) is 12.1 Å². The van der Waals surface area contributed by atoms with E-state index >= 15 is 0 Å². The van der Waals surface area contributed by atoms with Gasteiger partial charge in [-0.15, -0.1) is 0 Å². The summed E-state index contributed by atoms with van der Waals surface area (Å²) in [6, 6.07) is 18.6. The van der Waals surface area contributed by atoms with E-state index in [1.54, 1.807) is 12.4 Å². The Kier molecular flexibility index (Phi) is 5.47. The van der Waals surface area contributed by atoms with Crippen LogP contribution in [-0.2, 0) is 0 Å². The van der Waals surface area contributed by atoms with Gasteiger partial charge in [-0.05, 0) is 42.7 Å². The van der Waals surface area contributed by atoms with E-state index in [9.17, 15) is 4.79 Å². The molecule has 1 saturated heterocycles. The highest BCUT2D eigenvalue weighted by atomic mass is 16.2. The van der Waals surface area contributed by atoms with Gasteiger partial charge in [0.25, 0.3) is 0 Å². The first-order valence-electron chi connectivity index (χ1n) is 9.54. The highest BCUT2D eigenvalue weighted by Crippen LogP contribution is 2.26. The molecule has 6 nitrogen and oxygen atoms in total. The van der Waals surface area contributed by atoms with E-state index in [1.807, 2.05) is 60.7 Å². The summed E-state index contributed by atoms with van der Waals surface area (Å²) in [6.45, 7) is 1.93. The SMILES string of the molecule is O=C(Nc1cccnc1N1CCCC1)NC(c1ccccc1)c1ccccn1. The highest BCUT2D eigenvalue weighted by Gasteiger charge is 2.21. The summed E-state index contributed by atoms with van der Waals surface area (Å²) >= 11 is 0. The molecule has 2 N–H and O–H groups in total. The number of carbonyl (C=O) groups excluding carboxylic acids is 1. The van der Waals surface area contributed by atoms with Crippen molar-refractivity contribution in [3.63, 3.8) is 0 Å². The lowest BCUT2D eigenvalue weighted by Crippen LogP contribution is -2.34. The predicted molar refractivity (Wildman–Crippen MR) is 110 cm³/mol. The maximum Gasteiger partial charge on any atom is 0.320 e. The maximum atomic E-state index is 12.8. The summed E-state index contributed by atoms with van der Waals surface area (Å²) in [6.07, 6.45) is 5.80. The van der Waals surface area contributed by atoms with Gasteiger partial charge in [0.1, 0.15) is 0 Å². The second-order valence-corrected chi connectivity index (χ2v) is 6.77. The number of hydrogen-bond donors (Lipinski definition) is 2. The predicted octanol–water partition coefficient (Wildman–Crippen LogP) is 3.99. The van der Waals surface area contributed by atoms with Crippen LogP contribution in [0.4, 0.5) is 16.3 Å². The molecule has 3 aromatic rings. The van der Waals surface area contributed by atoms with Crippen LogP contribution in [0, 0.1) is 0 Å². The zero-order valence-corrected chi connectivity index (χ0v) is 15.6. The van der Waals surface area contributed by atoms with Gasteiger partial charge < -0.3 is 15.5 Å². The third-order valence-electron chi connectivity index (χ3n) is 4.83. The molecule has 1 fully saturated rings. The van der Waals surface area contributed by atoms with Crippen molar-refractivity contribution in [1.29, 1.82) is 0 Å². The number of benzene rings is 1. The largest absolute Gasteiger partial charge is 0.355 e. The molecule has 1 aliphatic rings. The summed E-state index contributed by atoms with van der Waals surface area (Å²) in [4.78, 5) is 24.0. The minimum atomic E-state index is -0.339. The number of hydrogen-bond acceptors (Lipinski definition) is 4. The molecule has 2 aromatic heterocycles. The van der Waals surface area contributed by atoms with Crippen LogP contribution in [0.1, 0.15) is 30.1 Å². The van der Waals surface area contributed by atoms with E-state index in [2.05, 4.69) is 25.5 Å². The van der Waals surface area contributed by atoms with E-state index in [0.29, 0.717) is 0 Å². The average molecular weight is 373 g/mol. The molecule has 0 spiro atoms. The topological polar surface area (TPSA) is 70.2 Å². The lowest BCUT2D eigenvalue weighted by Gasteiger charge is -2.22. The van der Waals surface area contributed by atoms with Crippen LogP contribution >= 0.6 is 0 Å². The molecule has 1 atom stereocenters. The minimum Gasteiger partial charge on any atom is -0.355 e. The van der Waals surface area contributed by atoms with Gasteiger partial charge in [-0.1, -0.05) is 36.4 Å². The molecular weight excluding hydrogens is 350 g/mol. The monoisotopic (exact) mass is 373 g/mol. The number of aromatic nitrogens is 2. The Balaban J connectivity index is 1.54. The number of nitrogens with zero attached hydrogens (tertiary/aromatic N) is 3. The lowest BCUT2D eigenvalue weighted by molar-refractivity contribution is 0.250. The molecule has 0 aliphatic carbocycles. The number of amides is 2. The third kappa shape index (κ3) is 4.11. The number of anilines is 2. The minimum absolute atomic E-state index is 0.284. The van der Waals surface area contributed by atoms with Crippen molar-refractivity contribution in [2.45, 2.75) is 18.9 Å². The van der Waals surface area contributed by atoms with E-state index in [1.165, 1.54) is 0 Å². The zero-order valence-electron chi connectivity index (χ0n) is 15.6. The smallest absolute Gasteiger partial charge is 0.320 e. The Morgan fingerprint density at radius 3 is 2.39 bits per heavy atom.